The third-order valence-corrected chi connectivity index (χ3v) is 5.54. The average Bonchev–Trinajstić information content (AvgIpc) is 2.96. The molecule has 0 bridgehead atoms. The van der Waals surface area contributed by atoms with Gasteiger partial charge in [0, 0.05) is 18.8 Å². The number of para-hydroxylation sites is 1. The summed E-state index contributed by atoms with van der Waals surface area (Å²) in [6.45, 7) is 5.31. The summed E-state index contributed by atoms with van der Waals surface area (Å²) in [7, 11) is -3.70. The molecule has 3 N–H and O–H groups in total. The maximum absolute atomic E-state index is 11.5. The van der Waals surface area contributed by atoms with E-state index in [-0.39, 0.29) is 11.5 Å². The molecule has 1 heterocycles. The first-order valence-electron chi connectivity index (χ1n) is 8.53. The molecule has 0 saturated heterocycles. The molecule has 0 aliphatic carbocycles. The Hall–Kier alpha value is -2.09. The van der Waals surface area contributed by atoms with E-state index in [4.69, 9.17) is 9.88 Å². The average molecular weight is 376 g/mol. The highest BCUT2D eigenvalue weighted by Crippen LogP contribution is 2.30. The van der Waals surface area contributed by atoms with Gasteiger partial charge in [-0.05, 0) is 55.2 Å². The summed E-state index contributed by atoms with van der Waals surface area (Å²) in [4.78, 5) is 2.16. The van der Waals surface area contributed by atoms with Crippen LogP contribution >= 0.6 is 0 Å². The van der Waals surface area contributed by atoms with Gasteiger partial charge in [-0.2, -0.15) is 0 Å². The monoisotopic (exact) mass is 376 g/mol. The number of nitrogens with two attached hydrogens (primary N) is 1. The Morgan fingerprint density at radius 1 is 1.23 bits per heavy atom. The number of nitrogens with zero attached hydrogens (tertiary/aromatic N) is 1. The number of hydrogen-bond donors (Lipinski definition) is 2. The van der Waals surface area contributed by atoms with Crippen molar-refractivity contribution in [3.05, 3.63) is 53.1 Å². The summed E-state index contributed by atoms with van der Waals surface area (Å²) < 4.78 is 28.8. The zero-order chi connectivity index (χ0) is 18.9. The first kappa shape index (κ1) is 18.7. The number of hydrogen-bond acceptors (Lipinski definition) is 5. The number of sulfonamides is 1. The molecule has 0 spiro atoms. The number of rotatable bonds is 6. The lowest BCUT2D eigenvalue weighted by molar-refractivity contribution is 0.112. The number of β-amino-alcohol motifs (C(OH)–C–C–N with tert-alkyl or cyclic N) is 1. The molecule has 7 heteroatoms. The van der Waals surface area contributed by atoms with Gasteiger partial charge < -0.3 is 14.7 Å². The van der Waals surface area contributed by atoms with Crippen molar-refractivity contribution in [1.29, 1.82) is 0 Å². The van der Waals surface area contributed by atoms with Gasteiger partial charge >= 0.3 is 0 Å². The minimum Gasteiger partial charge on any atom is -0.490 e. The van der Waals surface area contributed by atoms with Gasteiger partial charge in [0.05, 0.1) is 4.90 Å². The van der Waals surface area contributed by atoms with E-state index in [0.29, 0.717) is 6.54 Å². The van der Waals surface area contributed by atoms with E-state index in [9.17, 15) is 13.5 Å². The van der Waals surface area contributed by atoms with Crippen LogP contribution in [0.25, 0.3) is 0 Å². The summed E-state index contributed by atoms with van der Waals surface area (Å²) in [5, 5.41) is 15.6. The SMILES string of the molecule is Cc1cccc(C)c1OC[C@@H](O)CN1CCc2cc(S(N)(=O)=O)ccc21. The maximum atomic E-state index is 11.5. The Kier molecular flexibility index (Phi) is 5.22. The van der Waals surface area contributed by atoms with Crippen LogP contribution in [0.15, 0.2) is 41.3 Å². The van der Waals surface area contributed by atoms with Crippen molar-refractivity contribution in [2.45, 2.75) is 31.3 Å². The fraction of sp³-hybridized carbons (Fsp3) is 0.368. The van der Waals surface area contributed by atoms with E-state index in [1.54, 1.807) is 12.1 Å². The molecular weight excluding hydrogens is 352 g/mol. The lowest BCUT2D eigenvalue weighted by Gasteiger charge is -2.23. The summed E-state index contributed by atoms with van der Waals surface area (Å²) in [6, 6.07) is 10.8. The van der Waals surface area contributed by atoms with Crippen molar-refractivity contribution in [3.8, 4) is 5.75 Å². The number of primary sulfonamides is 1. The molecule has 0 unspecified atom stereocenters. The second-order valence-electron chi connectivity index (χ2n) is 6.72. The van der Waals surface area contributed by atoms with Crippen LogP contribution in [0.2, 0.25) is 0 Å². The standard InChI is InChI=1S/C19H24N2O4S/c1-13-4-3-5-14(2)19(13)25-12-16(22)11-21-9-8-15-10-17(26(20,23)24)6-7-18(15)21/h3-7,10,16,22H,8-9,11-12H2,1-2H3,(H2,20,23,24)/t16-/m0/s1. The predicted octanol–water partition coefficient (Wildman–Crippen LogP) is 1.75. The van der Waals surface area contributed by atoms with Gasteiger partial charge in [-0.3, -0.25) is 0 Å². The molecule has 3 rings (SSSR count). The number of benzene rings is 2. The molecule has 0 saturated carbocycles. The zero-order valence-electron chi connectivity index (χ0n) is 15.0. The van der Waals surface area contributed by atoms with Gasteiger partial charge in [0.2, 0.25) is 10.0 Å². The van der Waals surface area contributed by atoms with Crippen LogP contribution in [0.4, 0.5) is 5.69 Å². The van der Waals surface area contributed by atoms with Crippen LogP contribution in [-0.2, 0) is 16.4 Å². The smallest absolute Gasteiger partial charge is 0.238 e. The number of aliphatic hydroxyl groups is 1. The molecule has 1 atom stereocenters. The fourth-order valence-electron chi connectivity index (χ4n) is 3.33. The van der Waals surface area contributed by atoms with Crippen LogP contribution in [-0.4, -0.2) is 39.3 Å². The van der Waals surface area contributed by atoms with Crippen molar-refractivity contribution < 1.29 is 18.3 Å². The largest absolute Gasteiger partial charge is 0.490 e. The molecule has 1 aliphatic heterocycles. The lowest BCUT2D eigenvalue weighted by Crippen LogP contribution is -2.34. The number of fused-ring (bicyclic) bond motifs is 1. The second-order valence-corrected chi connectivity index (χ2v) is 8.28. The predicted molar refractivity (Wildman–Crippen MR) is 101 cm³/mol. The van der Waals surface area contributed by atoms with Crippen molar-refractivity contribution in [1.82, 2.24) is 0 Å². The van der Waals surface area contributed by atoms with E-state index in [2.05, 4.69) is 0 Å². The van der Waals surface area contributed by atoms with Crippen LogP contribution in [0.1, 0.15) is 16.7 Å². The van der Waals surface area contributed by atoms with Gasteiger partial charge in [0.1, 0.15) is 18.5 Å². The minimum atomic E-state index is -3.70. The second kappa shape index (κ2) is 7.26. The van der Waals surface area contributed by atoms with Crippen molar-refractivity contribution in [3.63, 3.8) is 0 Å². The topological polar surface area (TPSA) is 92.9 Å². The van der Waals surface area contributed by atoms with Gasteiger partial charge in [0.15, 0.2) is 0 Å². The Morgan fingerprint density at radius 3 is 2.58 bits per heavy atom. The minimum absolute atomic E-state index is 0.122. The summed E-state index contributed by atoms with van der Waals surface area (Å²) in [5.41, 5.74) is 3.95. The first-order chi connectivity index (χ1) is 12.3. The number of ether oxygens (including phenoxy) is 1. The highest BCUT2D eigenvalue weighted by molar-refractivity contribution is 7.89. The Morgan fingerprint density at radius 2 is 1.92 bits per heavy atom. The van der Waals surface area contributed by atoms with E-state index in [1.807, 2.05) is 36.9 Å². The molecule has 2 aromatic carbocycles. The molecule has 0 fully saturated rings. The Labute approximate surface area is 154 Å². The third kappa shape index (κ3) is 4.00. The number of aryl methyl sites for hydroxylation is 2. The summed E-state index contributed by atoms with van der Waals surface area (Å²) in [5.74, 6) is 0.811. The number of aliphatic hydroxyl groups excluding tert-OH is 1. The molecule has 26 heavy (non-hydrogen) atoms. The highest BCUT2D eigenvalue weighted by atomic mass is 32.2. The third-order valence-electron chi connectivity index (χ3n) is 4.63. The lowest BCUT2D eigenvalue weighted by atomic mass is 10.1. The van der Waals surface area contributed by atoms with Crippen LogP contribution < -0.4 is 14.8 Å². The van der Waals surface area contributed by atoms with Crippen molar-refractivity contribution >= 4 is 15.7 Å². The summed E-state index contributed by atoms with van der Waals surface area (Å²) in [6.07, 6.45) is 0.0706. The van der Waals surface area contributed by atoms with Crippen LogP contribution in [0.3, 0.4) is 0 Å². The van der Waals surface area contributed by atoms with E-state index in [0.717, 1.165) is 41.1 Å². The van der Waals surface area contributed by atoms with Crippen LogP contribution in [0.5, 0.6) is 5.75 Å². The molecule has 1 aliphatic rings. The Bertz CT molecular complexity index is 892. The molecule has 2 aromatic rings. The maximum Gasteiger partial charge on any atom is 0.238 e. The first-order valence-corrected chi connectivity index (χ1v) is 10.1. The van der Waals surface area contributed by atoms with E-state index >= 15 is 0 Å². The molecule has 0 amide bonds. The quantitative estimate of drug-likeness (QED) is 0.801. The molecule has 6 nitrogen and oxygen atoms in total. The zero-order valence-corrected chi connectivity index (χ0v) is 15.8. The van der Waals surface area contributed by atoms with Gasteiger partial charge in [-0.15, -0.1) is 0 Å². The summed E-state index contributed by atoms with van der Waals surface area (Å²) >= 11 is 0. The molecule has 140 valence electrons. The highest BCUT2D eigenvalue weighted by Gasteiger charge is 2.23. The van der Waals surface area contributed by atoms with Gasteiger partial charge in [-0.1, -0.05) is 18.2 Å². The molecular formula is C19H24N2O4S. The van der Waals surface area contributed by atoms with Gasteiger partial charge in [0.25, 0.3) is 0 Å². The van der Waals surface area contributed by atoms with Crippen LogP contribution in [0, 0.1) is 13.8 Å². The van der Waals surface area contributed by atoms with E-state index < -0.39 is 16.1 Å². The normalized spacial score (nSPS) is 15.0. The van der Waals surface area contributed by atoms with Crippen molar-refractivity contribution in [2.24, 2.45) is 5.14 Å². The van der Waals surface area contributed by atoms with Crippen molar-refractivity contribution in [2.75, 3.05) is 24.6 Å². The number of anilines is 1. The fourth-order valence-corrected chi connectivity index (χ4v) is 3.89. The Balaban J connectivity index is 1.64. The van der Waals surface area contributed by atoms with E-state index in [1.165, 1.54) is 6.07 Å². The molecule has 0 radical (unpaired) electrons. The molecule has 0 aromatic heterocycles. The van der Waals surface area contributed by atoms with Gasteiger partial charge in [-0.25, -0.2) is 13.6 Å².